The summed E-state index contributed by atoms with van der Waals surface area (Å²) in [7, 11) is 0. The number of carbonyl (C=O) groups excluding carboxylic acids is 1. The van der Waals surface area contributed by atoms with E-state index in [-0.39, 0.29) is 6.61 Å². The molecule has 0 aliphatic rings. The molecule has 0 heterocycles. The molecule has 0 aromatic heterocycles. The smallest absolute Gasteiger partial charge is 0.347 e. The van der Waals surface area contributed by atoms with Crippen LogP contribution in [0.5, 0.6) is 5.75 Å². The van der Waals surface area contributed by atoms with Crippen molar-refractivity contribution < 1.29 is 14.3 Å². The second kappa shape index (κ2) is 7.85. The van der Waals surface area contributed by atoms with Crippen LogP contribution >= 0.6 is 11.6 Å². The quantitative estimate of drug-likeness (QED) is 0.436. The molecule has 104 valence electrons. The molecule has 0 bridgehead atoms. The Bertz CT molecular complexity index is 443. The summed E-state index contributed by atoms with van der Waals surface area (Å²) in [5, 5.41) is 0. The highest BCUT2D eigenvalue weighted by atomic mass is 35.5. The molecule has 1 aromatic carbocycles. The molecule has 1 rings (SSSR count). The van der Waals surface area contributed by atoms with Crippen molar-refractivity contribution >= 4 is 17.6 Å². The molecule has 0 aliphatic heterocycles. The Morgan fingerprint density at radius 2 is 2.26 bits per heavy atom. The van der Waals surface area contributed by atoms with E-state index in [1.807, 2.05) is 18.2 Å². The standard InChI is InChI=1S/C15H19ClO3/c1-4-8-18-15(17)11(3)19-14-9-12(5-2)6-7-13(14)10-16/h4,6-7,9,11H,1,5,8,10H2,2-3H3. The van der Waals surface area contributed by atoms with Gasteiger partial charge in [-0.1, -0.05) is 31.7 Å². The fourth-order valence-electron chi connectivity index (χ4n) is 1.54. The van der Waals surface area contributed by atoms with Crippen LogP contribution in [-0.4, -0.2) is 18.7 Å². The zero-order chi connectivity index (χ0) is 14.3. The normalized spacial score (nSPS) is 11.7. The SMILES string of the molecule is C=CCOC(=O)C(C)Oc1cc(CC)ccc1CCl. The highest BCUT2D eigenvalue weighted by Crippen LogP contribution is 2.24. The maximum atomic E-state index is 11.6. The van der Waals surface area contributed by atoms with Crippen LogP contribution in [0.2, 0.25) is 0 Å². The number of halogens is 1. The van der Waals surface area contributed by atoms with Gasteiger partial charge < -0.3 is 9.47 Å². The monoisotopic (exact) mass is 282 g/mol. The van der Waals surface area contributed by atoms with Gasteiger partial charge in [0.05, 0.1) is 5.88 Å². The Morgan fingerprint density at radius 3 is 2.84 bits per heavy atom. The van der Waals surface area contributed by atoms with Crippen molar-refractivity contribution in [2.75, 3.05) is 6.61 Å². The van der Waals surface area contributed by atoms with E-state index < -0.39 is 12.1 Å². The number of esters is 1. The van der Waals surface area contributed by atoms with Crippen molar-refractivity contribution in [2.24, 2.45) is 0 Å². The fraction of sp³-hybridized carbons (Fsp3) is 0.400. The summed E-state index contributed by atoms with van der Waals surface area (Å²) < 4.78 is 10.6. The summed E-state index contributed by atoms with van der Waals surface area (Å²) in [6.07, 6.45) is 1.75. The van der Waals surface area contributed by atoms with Crippen molar-refractivity contribution in [2.45, 2.75) is 32.3 Å². The Hall–Kier alpha value is -1.48. The average molecular weight is 283 g/mol. The molecule has 0 fully saturated rings. The molecule has 0 saturated carbocycles. The molecule has 0 N–H and O–H groups in total. The molecule has 1 aromatic rings. The predicted molar refractivity (Wildman–Crippen MR) is 76.6 cm³/mol. The molecular weight excluding hydrogens is 264 g/mol. The van der Waals surface area contributed by atoms with Crippen molar-refractivity contribution in [3.8, 4) is 5.75 Å². The highest BCUT2D eigenvalue weighted by molar-refractivity contribution is 6.17. The number of benzene rings is 1. The van der Waals surface area contributed by atoms with E-state index in [1.165, 1.54) is 6.08 Å². The first-order chi connectivity index (χ1) is 9.12. The molecule has 4 heteroatoms. The second-order valence-corrected chi connectivity index (χ2v) is 4.38. The van der Waals surface area contributed by atoms with Gasteiger partial charge in [-0.05, 0) is 25.0 Å². The van der Waals surface area contributed by atoms with E-state index in [0.29, 0.717) is 11.6 Å². The van der Waals surface area contributed by atoms with Crippen LogP contribution in [0.4, 0.5) is 0 Å². The zero-order valence-electron chi connectivity index (χ0n) is 11.3. The van der Waals surface area contributed by atoms with Crippen LogP contribution in [0.3, 0.4) is 0 Å². The lowest BCUT2D eigenvalue weighted by atomic mass is 10.1. The highest BCUT2D eigenvalue weighted by Gasteiger charge is 2.17. The van der Waals surface area contributed by atoms with Gasteiger partial charge in [0.1, 0.15) is 12.4 Å². The van der Waals surface area contributed by atoms with Crippen LogP contribution in [0.25, 0.3) is 0 Å². The van der Waals surface area contributed by atoms with Crippen molar-refractivity contribution in [1.29, 1.82) is 0 Å². The molecule has 1 unspecified atom stereocenters. The summed E-state index contributed by atoms with van der Waals surface area (Å²) in [5.74, 6) is 0.563. The van der Waals surface area contributed by atoms with E-state index in [9.17, 15) is 4.79 Å². The van der Waals surface area contributed by atoms with Gasteiger partial charge in [-0.15, -0.1) is 11.6 Å². The Labute approximate surface area is 119 Å². The maximum absolute atomic E-state index is 11.6. The topological polar surface area (TPSA) is 35.5 Å². The first kappa shape index (κ1) is 15.6. The van der Waals surface area contributed by atoms with Crippen molar-refractivity contribution in [3.05, 3.63) is 42.0 Å². The summed E-state index contributed by atoms with van der Waals surface area (Å²) in [4.78, 5) is 11.6. The minimum absolute atomic E-state index is 0.184. The molecule has 0 amide bonds. The molecule has 1 atom stereocenters. The van der Waals surface area contributed by atoms with Gasteiger partial charge in [0, 0.05) is 5.56 Å². The zero-order valence-corrected chi connectivity index (χ0v) is 12.1. The molecular formula is C15H19ClO3. The molecule has 0 aliphatic carbocycles. The molecule has 3 nitrogen and oxygen atoms in total. The Kier molecular flexibility index (Phi) is 6.43. The van der Waals surface area contributed by atoms with Gasteiger partial charge in [0.2, 0.25) is 0 Å². The van der Waals surface area contributed by atoms with E-state index >= 15 is 0 Å². The molecule has 19 heavy (non-hydrogen) atoms. The van der Waals surface area contributed by atoms with E-state index in [2.05, 4.69) is 13.5 Å². The number of hydrogen-bond donors (Lipinski definition) is 0. The third-order valence-electron chi connectivity index (χ3n) is 2.66. The van der Waals surface area contributed by atoms with Crippen molar-refractivity contribution in [1.82, 2.24) is 0 Å². The van der Waals surface area contributed by atoms with Crippen LogP contribution in [-0.2, 0) is 21.8 Å². The summed E-state index contributed by atoms with van der Waals surface area (Å²) in [5.41, 5.74) is 2.00. The summed E-state index contributed by atoms with van der Waals surface area (Å²) in [6.45, 7) is 7.39. The van der Waals surface area contributed by atoms with E-state index in [0.717, 1.165) is 17.5 Å². The maximum Gasteiger partial charge on any atom is 0.347 e. The lowest BCUT2D eigenvalue weighted by molar-refractivity contribution is -0.149. The summed E-state index contributed by atoms with van der Waals surface area (Å²) in [6, 6.07) is 5.84. The number of alkyl halides is 1. The van der Waals surface area contributed by atoms with Gasteiger partial charge >= 0.3 is 5.97 Å². The van der Waals surface area contributed by atoms with Gasteiger partial charge in [-0.25, -0.2) is 4.79 Å². The van der Waals surface area contributed by atoms with Gasteiger partial charge in [-0.2, -0.15) is 0 Å². The lowest BCUT2D eigenvalue weighted by Crippen LogP contribution is -2.26. The minimum Gasteiger partial charge on any atom is -0.479 e. The van der Waals surface area contributed by atoms with Crippen LogP contribution < -0.4 is 4.74 Å². The number of hydrogen-bond acceptors (Lipinski definition) is 3. The largest absolute Gasteiger partial charge is 0.479 e. The number of aryl methyl sites for hydroxylation is 1. The first-order valence-electron chi connectivity index (χ1n) is 6.24. The van der Waals surface area contributed by atoms with Gasteiger partial charge in [0.15, 0.2) is 6.10 Å². The molecule has 0 saturated heterocycles. The average Bonchev–Trinajstić information content (AvgIpc) is 2.44. The van der Waals surface area contributed by atoms with Crippen LogP contribution in [0.1, 0.15) is 25.0 Å². The Morgan fingerprint density at radius 1 is 1.53 bits per heavy atom. The fourth-order valence-corrected chi connectivity index (χ4v) is 1.76. The number of carbonyl (C=O) groups is 1. The van der Waals surface area contributed by atoms with Crippen LogP contribution in [0.15, 0.2) is 30.9 Å². The van der Waals surface area contributed by atoms with Gasteiger partial charge in [0.25, 0.3) is 0 Å². The third kappa shape index (κ3) is 4.60. The number of ether oxygens (including phenoxy) is 2. The third-order valence-corrected chi connectivity index (χ3v) is 2.95. The first-order valence-corrected chi connectivity index (χ1v) is 6.77. The van der Waals surface area contributed by atoms with Gasteiger partial charge in [-0.3, -0.25) is 0 Å². The molecule has 0 radical (unpaired) electrons. The van der Waals surface area contributed by atoms with Crippen molar-refractivity contribution in [3.63, 3.8) is 0 Å². The predicted octanol–water partition coefficient (Wildman–Crippen LogP) is 3.48. The molecule has 0 spiro atoms. The minimum atomic E-state index is -0.672. The number of rotatable bonds is 7. The summed E-state index contributed by atoms with van der Waals surface area (Å²) >= 11 is 5.86. The van der Waals surface area contributed by atoms with E-state index in [1.54, 1.807) is 6.92 Å². The lowest BCUT2D eigenvalue weighted by Gasteiger charge is -2.16. The van der Waals surface area contributed by atoms with Crippen LogP contribution in [0, 0.1) is 0 Å². The second-order valence-electron chi connectivity index (χ2n) is 4.11. The van der Waals surface area contributed by atoms with E-state index in [4.69, 9.17) is 21.1 Å². The Balaban J connectivity index is 2.79.